The van der Waals surface area contributed by atoms with Crippen LogP contribution in [0.2, 0.25) is 0 Å². The minimum absolute atomic E-state index is 0.0182. The second-order valence-electron chi connectivity index (χ2n) is 4.42. The minimum atomic E-state index is -0.531. The van der Waals surface area contributed by atoms with Crippen LogP contribution in [-0.4, -0.2) is 34.9 Å². The Kier molecular flexibility index (Phi) is 5.85. The summed E-state index contributed by atoms with van der Waals surface area (Å²) in [6, 6.07) is 0.132. The molecule has 0 radical (unpaired) electrons. The number of amidine groups is 1. The standard InChI is InChI=1S/C11H23N3O2/c1-6-9(10(12)13-16)11(15)14(5)8(4)7(2)3/h7-9,16H,6H2,1-5H3,(H2,12,13). The van der Waals surface area contributed by atoms with Gasteiger partial charge in [-0.3, -0.25) is 4.79 Å². The van der Waals surface area contributed by atoms with Crippen LogP contribution in [0.1, 0.15) is 34.1 Å². The predicted molar refractivity (Wildman–Crippen MR) is 64.3 cm³/mol. The Bertz CT molecular complexity index is 264. The Labute approximate surface area is 97.3 Å². The third kappa shape index (κ3) is 3.40. The molecule has 0 aromatic heterocycles. The van der Waals surface area contributed by atoms with E-state index in [1.807, 2.05) is 13.8 Å². The van der Waals surface area contributed by atoms with Crippen LogP contribution in [0.4, 0.5) is 0 Å². The van der Waals surface area contributed by atoms with Crippen LogP contribution in [0.3, 0.4) is 0 Å². The third-order valence-electron chi connectivity index (χ3n) is 3.10. The molecule has 0 aromatic rings. The number of carbonyl (C=O) groups excluding carboxylic acids is 1. The molecule has 0 heterocycles. The molecular weight excluding hydrogens is 206 g/mol. The van der Waals surface area contributed by atoms with Crippen molar-refractivity contribution >= 4 is 11.7 Å². The van der Waals surface area contributed by atoms with Crippen molar-refractivity contribution in [3.63, 3.8) is 0 Å². The average molecular weight is 229 g/mol. The summed E-state index contributed by atoms with van der Waals surface area (Å²) in [6.07, 6.45) is 0.532. The molecule has 0 aromatic carbocycles. The zero-order valence-electron chi connectivity index (χ0n) is 10.8. The largest absolute Gasteiger partial charge is 0.409 e. The smallest absolute Gasteiger partial charge is 0.233 e. The molecule has 0 fully saturated rings. The number of nitrogens with zero attached hydrogens (tertiary/aromatic N) is 2. The van der Waals surface area contributed by atoms with Crippen molar-refractivity contribution in [2.75, 3.05) is 7.05 Å². The van der Waals surface area contributed by atoms with Gasteiger partial charge in [0.25, 0.3) is 0 Å². The lowest BCUT2D eigenvalue weighted by Gasteiger charge is -2.30. The summed E-state index contributed by atoms with van der Waals surface area (Å²) in [5.41, 5.74) is 5.50. The van der Waals surface area contributed by atoms with E-state index in [1.54, 1.807) is 11.9 Å². The second kappa shape index (κ2) is 6.35. The van der Waals surface area contributed by atoms with Gasteiger partial charge < -0.3 is 15.8 Å². The topological polar surface area (TPSA) is 78.9 Å². The number of hydrogen-bond donors (Lipinski definition) is 2. The van der Waals surface area contributed by atoms with E-state index in [2.05, 4.69) is 19.0 Å². The molecule has 0 saturated heterocycles. The van der Waals surface area contributed by atoms with Crippen molar-refractivity contribution in [1.82, 2.24) is 4.90 Å². The molecule has 5 nitrogen and oxygen atoms in total. The van der Waals surface area contributed by atoms with Gasteiger partial charge in [0, 0.05) is 13.1 Å². The number of oxime groups is 1. The average Bonchev–Trinajstić information content (AvgIpc) is 2.27. The van der Waals surface area contributed by atoms with Gasteiger partial charge in [0.15, 0.2) is 5.84 Å². The van der Waals surface area contributed by atoms with Crippen LogP contribution in [0, 0.1) is 11.8 Å². The zero-order chi connectivity index (χ0) is 12.9. The molecular formula is C11H23N3O2. The Morgan fingerprint density at radius 3 is 2.25 bits per heavy atom. The molecule has 0 rings (SSSR count). The van der Waals surface area contributed by atoms with E-state index in [9.17, 15) is 4.79 Å². The third-order valence-corrected chi connectivity index (χ3v) is 3.10. The van der Waals surface area contributed by atoms with E-state index >= 15 is 0 Å². The Morgan fingerprint density at radius 1 is 1.44 bits per heavy atom. The van der Waals surface area contributed by atoms with Crippen LogP contribution < -0.4 is 5.73 Å². The highest BCUT2D eigenvalue weighted by molar-refractivity contribution is 6.02. The molecule has 5 heteroatoms. The van der Waals surface area contributed by atoms with E-state index in [0.717, 1.165) is 0 Å². The van der Waals surface area contributed by atoms with Gasteiger partial charge in [-0.25, -0.2) is 0 Å². The van der Waals surface area contributed by atoms with Crippen molar-refractivity contribution in [3.8, 4) is 0 Å². The molecule has 0 aliphatic heterocycles. The van der Waals surface area contributed by atoms with Crippen LogP contribution in [0.15, 0.2) is 5.16 Å². The maximum atomic E-state index is 12.1. The van der Waals surface area contributed by atoms with Crippen LogP contribution >= 0.6 is 0 Å². The van der Waals surface area contributed by atoms with Gasteiger partial charge in [-0.05, 0) is 19.3 Å². The lowest BCUT2D eigenvalue weighted by molar-refractivity contribution is -0.134. The van der Waals surface area contributed by atoms with Gasteiger partial charge >= 0.3 is 0 Å². The van der Waals surface area contributed by atoms with E-state index < -0.39 is 5.92 Å². The summed E-state index contributed by atoms with van der Waals surface area (Å²) in [5, 5.41) is 11.5. The minimum Gasteiger partial charge on any atom is -0.409 e. The summed E-state index contributed by atoms with van der Waals surface area (Å²) in [7, 11) is 1.75. The molecule has 94 valence electrons. The highest BCUT2D eigenvalue weighted by Gasteiger charge is 2.27. The lowest BCUT2D eigenvalue weighted by atomic mass is 10.00. The van der Waals surface area contributed by atoms with Crippen molar-refractivity contribution in [2.24, 2.45) is 22.7 Å². The van der Waals surface area contributed by atoms with Crippen LogP contribution in [0.5, 0.6) is 0 Å². The van der Waals surface area contributed by atoms with Crippen molar-refractivity contribution in [1.29, 1.82) is 0 Å². The monoisotopic (exact) mass is 229 g/mol. The normalized spacial score (nSPS) is 16.0. The number of hydrogen-bond acceptors (Lipinski definition) is 3. The fourth-order valence-electron chi connectivity index (χ4n) is 1.47. The Morgan fingerprint density at radius 2 is 1.94 bits per heavy atom. The number of nitrogens with two attached hydrogens (primary N) is 1. The van der Waals surface area contributed by atoms with Crippen molar-refractivity contribution in [2.45, 2.75) is 40.2 Å². The fraction of sp³-hybridized carbons (Fsp3) is 0.818. The summed E-state index contributed by atoms with van der Waals surface area (Å²) >= 11 is 0. The van der Waals surface area contributed by atoms with Gasteiger partial charge in [-0.2, -0.15) is 0 Å². The predicted octanol–water partition coefficient (Wildman–Crippen LogP) is 1.26. The SMILES string of the molecule is CCC(C(=O)N(C)C(C)C(C)C)C(N)=NO. The maximum Gasteiger partial charge on any atom is 0.233 e. The summed E-state index contributed by atoms with van der Waals surface area (Å²) in [5.74, 6) is -0.274. The number of rotatable bonds is 5. The Balaban J connectivity index is 4.76. The molecule has 0 saturated carbocycles. The molecule has 0 aliphatic carbocycles. The van der Waals surface area contributed by atoms with Gasteiger partial charge in [-0.15, -0.1) is 0 Å². The zero-order valence-corrected chi connectivity index (χ0v) is 10.8. The first-order chi connectivity index (χ1) is 7.36. The molecule has 2 atom stereocenters. The first-order valence-corrected chi connectivity index (χ1v) is 5.60. The number of carbonyl (C=O) groups is 1. The number of amides is 1. The first-order valence-electron chi connectivity index (χ1n) is 5.60. The molecule has 2 unspecified atom stereocenters. The molecule has 0 bridgehead atoms. The maximum absolute atomic E-state index is 12.1. The lowest BCUT2D eigenvalue weighted by Crippen LogP contribution is -2.45. The Hall–Kier alpha value is -1.26. The van der Waals surface area contributed by atoms with E-state index in [0.29, 0.717) is 12.3 Å². The van der Waals surface area contributed by atoms with E-state index in [-0.39, 0.29) is 17.8 Å². The van der Waals surface area contributed by atoms with Crippen molar-refractivity contribution in [3.05, 3.63) is 0 Å². The van der Waals surface area contributed by atoms with Crippen LogP contribution in [-0.2, 0) is 4.79 Å². The molecule has 0 aliphatic rings. The summed E-state index contributed by atoms with van der Waals surface area (Å²) in [4.78, 5) is 13.7. The fourth-order valence-corrected chi connectivity index (χ4v) is 1.47. The molecule has 3 N–H and O–H groups in total. The van der Waals surface area contributed by atoms with E-state index in [1.165, 1.54) is 0 Å². The van der Waals surface area contributed by atoms with Gasteiger partial charge in [0.2, 0.25) is 5.91 Å². The summed E-state index contributed by atoms with van der Waals surface area (Å²) < 4.78 is 0. The molecule has 1 amide bonds. The highest BCUT2D eigenvalue weighted by Crippen LogP contribution is 2.14. The first kappa shape index (κ1) is 14.7. The van der Waals surface area contributed by atoms with Gasteiger partial charge in [0.05, 0.1) is 5.92 Å². The van der Waals surface area contributed by atoms with Gasteiger partial charge in [-0.1, -0.05) is 25.9 Å². The quantitative estimate of drug-likeness (QED) is 0.322. The van der Waals surface area contributed by atoms with Crippen LogP contribution in [0.25, 0.3) is 0 Å². The van der Waals surface area contributed by atoms with Gasteiger partial charge in [0.1, 0.15) is 0 Å². The van der Waals surface area contributed by atoms with E-state index in [4.69, 9.17) is 10.9 Å². The van der Waals surface area contributed by atoms with Crippen molar-refractivity contribution < 1.29 is 10.0 Å². The molecule has 16 heavy (non-hydrogen) atoms. The second-order valence-corrected chi connectivity index (χ2v) is 4.42. The highest BCUT2D eigenvalue weighted by atomic mass is 16.4. The molecule has 0 spiro atoms. The summed E-state index contributed by atoms with van der Waals surface area (Å²) in [6.45, 7) is 7.94.